The Kier molecular flexibility index (Phi) is 28.2. The zero-order chi connectivity index (χ0) is 48.4. The van der Waals surface area contributed by atoms with Crippen LogP contribution in [0.4, 0.5) is 0 Å². The van der Waals surface area contributed by atoms with Crippen molar-refractivity contribution < 1.29 is 51.8 Å². The van der Waals surface area contributed by atoms with E-state index in [2.05, 4.69) is 59.6 Å². The monoisotopic (exact) mass is 949 g/mol. The van der Waals surface area contributed by atoms with Crippen molar-refractivity contribution >= 4 is 8.32 Å². The number of benzene rings is 1. The van der Waals surface area contributed by atoms with Crippen LogP contribution in [0.15, 0.2) is 0 Å². The Balaban J connectivity index is 1.43. The third-order valence-electron chi connectivity index (χ3n) is 14.2. The first kappa shape index (κ1) is 58.2. The molecule has 0 saturated carbocycles. The fourth-order valence-corrected chi connectivity index (χ4v) is 10.7. The molecule has 2 heterocycles. The summed E-state index contributed by atoms with van der Waals surface area (Å²) in [7, 11) is 7.83. The van der Waals surface area contributed by atoms with Gasteiger partial charge in [-0.15, -0.1) is 5.92 Å². The number of rotatable bonds is 35. The second kappa shape index (κ2) is 31.9. The molecule has 11 nitrogen and oxygen atoms in total. The van der Waals surface area contributed by atoms with Gasteiger partial charge in [0.2, 0.25) is 11.5 Å². The van der Waals surface area contributed by atoms with Crippen molar-refractivity contribution in [3.8, 4) is 34.8 Å². The summed E-state index contributed by atoms with van der Waals surface area (Å²) >= 11 is 0. The summed E-state index contributed by atoms with van der Waals surface area (Å²) in [4.78, 5) is 0. The highest BCUT2D eigenvalue weighted by Gasteiger charge is 2.43. The van der Waals surface area contributed by atoms with Crippen LogP contribution >= 0.6 is 0 Å². The van der Waals surface area contributed by atoms with E-state index in [4.69, 9.17) is 51.8 Å². The maximum absolute atomic E-state index is 7.17. The first-order valence-electron chi connectivity index (χ1n) is 25.9. The molecule has 1 aromatic rings. The van der Waals surface area contributed by atoms with Gasteiger partial charge in [0.25, 0.3) is 0 Å². The molecule has 2 fully saturated rings. The van der Waals surface area contributed by atoms with Gasteiger partial charge in [-0.25, -0.2) is 0 Å². The summed E-state index contributed by atoms with van der Waals surface area (Å²) in [5.41, 5.74) is 1.95. The lowest BCUT2D eigenvalue weighted by Gasteiger charge is -2.40. The first-order valence-corrected chi connectivity index (χ1v) is 28.8. The van der Waals surface area contributed by atoms with Gasteiger partial charge in [-0.2, -0.15) is 0 Å². The molecule has 66 heavy (non-hydrogen) atoms. The molecule has 2 aliphatic heterocycles. The molecule has 2 aliphatic rings. The van der Waals surface area contributed by atoms with Gasteiger partial charge < -0.3 is 51.8 Å². The molecule has 382 valence electrons. The highest BCUT2D eigenvalue weighted by molar-refractivity contribution is 6.74. The molecule has 2 unspecified atom stereocenters. The Bertz CT molecular complexity index is 1520. The molecular weight excluding hydrogens is 853 g/mol. The largest absolute Gasteiger partial charge is 0.492 e. The van der Waals surface area contributed by atoms with Crippen LogP contribution in [-0.4, -0.2) is 101 Å². The molecule has 0 aromatic heterocycles. The summed E-state index contributed by atoms with van der Waals surface area (Å²) in [5.74, 6) is 9.23. The van der Waals surface area contributed by atoms with E-state index in [0.29, 0.717) is 29.8 Å². The Labute approximate surface area is 404 Å². The topological polar surface area (TPSA) is 102 Å². The van der Waals surface area contributed by atoms with E-state index in [0.717, 1.165) is 75.3 Å². The van der Waals surface area contributed by atoms with Crippen molar-refractivity contribution in [1.82, 2.24) is 0 Å². The second-order valence-corrected chi connectivity index (χ2v) is 24.9. The number of methoxy groups -OCH3 is 6. The Morgan fingerprint density at radius 3 is 1.62 bits per heavy atom. The molecule has 0 N–H and O–H groups in total. The zero-order valence-corrected chi connectivity index (χ0v) is 45.2. The minimum Gasteiger partial charge on any atom is -0.492 e. The summed E-state index contributed by atoms with van der Waals surface area (Å²) in [6, 6.07) is 0. The van der Waals surface area contributed by atoms with Crippen LogP contribution in [0.2, 0.25) is 18.1 Å². The van der Waals surface area contributed by atoms with Gasteiger partial charge in [-0.1, -0.05) is 130 Å². The van der Waals surface area contributed by atoms with Gasteiger partial charge in [-0.05, 0) is 70.0 Å². The van der Waals surface area contributed by atoms with Crippen LogP contribution in [0.3, 0.4) is 0 Å². The van der Waals surface area contributed by atoms with Crippen molar-refractivity contribution in [3.63, 3.8) is 0 Å². The van der Waals surface area contributed by atoms with E-state index >= 15 is 0 Å². The third kappa shape index (κ3) is 18.7. The van der Waals surface area contributed by atoms with E-state index in [1.807, 2.05) is 0 Å². The Hall–Kier alpha value is -2.08. The molecule has 0 radical (unpaired) electrons. The standard InChI is InChI=1S/C54H96O11Si/c1-14-15-16-17-18-23-26-29-32-42(61-39-55-6)44-35-37-46(63-44)47-38-36-45(64-47)43(62-40-56-7)33-30-27-24-21-19-20-22-25-28-31-34-48(65-66(12,13)54(3,4)5)49-41(2)50(57-8)52(59-10)53(60-11)51(49)58-9/h42-48H,14-29,31-32,34-40H2,1-13H3/t42-,43?,44-,45-,46-,47-,48?/m0/s1. The van der Waals surface area contributed by atoms with E-state index in [9.17, 15) is 0 Å². The maximum atomic E-state index is 7.17. The smallest absolute Gasteiger partial charge is 0.207 e. The van der Waals surface area contributed by atoms with Gasteiger partial charge >= 0.3 is 0 Å². The molecule has 0 spiro atoms. The lowest BCUT2D eigenvalue weighted by atomic mass is 9.95. The van der Waals surface area contributed by atoms with Gasteiger partial charge in [0.15, 0.2) is 19.8 Å². The Morgan fingerprint density at radius 1 is 0.591 bits per heavy atom. The number of hydrogen-bond donors (Lipinski definition) is 0. The second-order valence-electron chi connectivity index (χ2n) is 20.2. The minimum absolute atomic E-state index is 0.0492. The van der Waals surface area contributed by atoms with Crippen LogP contribution < -0.4 is 18.9 Å². The van der Waals surface area contributed by atoms with E-state index < -0.39 is 8.32 Å². The van der Waals surface area contributed by atoms with E-state index in [1.54, 1.807) is 42.7 Å². The zero-order valence-electron chi connectivity index (χ0n) is 44.2. The van der Waals surface area contributed by atoms with Crippen LogP contribution in [0.1, 0.15) is 193 Å². The molecule has 2 saturated heterocycles. The normalized spacial score (nSPS) is 20.2. The Morgan fingerprint density at radius 2 is 1.08 bits per heavy atom. The summed E-state index contributed by atoms with van der Waals surface area (Å²) in [6.07, 6.45) is 26.1. The highest BCUT2D eigenvalue weighted by Crippen LogP contribution is 2.53. The molecule has 3 rings (SSSR count). The summed E-state index contributed by atoms with van der Waals surface area (Å²) < 4.78 is 66.8. The molecule has 12 heteroatoms. The van der Waals surface area contributed by atoms with Gasteiger partial charge in [0, 0.05) is 31.8 Å². The van der Waals surface area contributed by atoms with E-state index in [-0.39, 0.29) is 54.6 Å². The van der Waals surface area contributed by atoms with Crippen molar-refractivity contribution in [2.45, 2.75) is 243 Å². The van der Waals surface area contributed by atoms with Crippen molar-refractivity contribution in [3.05, 3.63) is 11.1 Å². The summed E-state index contributed by atoms with van der Waals surface area (Å²) in [5, 5.41) is 0.0548. The third-order valence-corrected chi connectivity index (χ3v) is 18.7. The molecule has 0 aliphatic carbocycles. The SMILES string of the molecule is CCCCCCCCCC[C@H](OCOC)[C@@H]1CC[C@@H]([C@@H]2CC[C@@H](C(C#CCCCCCCCCCCC(O[Si](C)(C)C(C)(C)C)c3c(C)c(OC)c(OC)c(OC)c3OC)OCOC)O2)O1. The maximum Gasteiger partial charge on any atom is 0.207 e. The summed E-state index contributed by atoms with van der Waals surface area (Å²) in [6.45, 7) is 16.3. The van der Waals surface area contributed by atoms with Crippen LogP contribution in [0.5, 0.6) is 23.0 Å². The van der Waals surface area contributed by atoms with E-state index in [1.165, 1.54) is 83.5 Å². The fraction of sp³-hybridized carbons (Fsp3) is 0.852. The average molecular weight is 949 g/mol. The fourth-order valence-electron chi connectivity index (χ4n) is 9.39. The minimum atomic E-state index is -2.14. The van der Waals surface area contributed by atoms with Crippen LogP contribution in [-0.2, 0) is 32.8 Å². The first-order chi connectivity index (χ1) is 31.8. The highest BCUT2D eigenvalue weighted by atomic mass is 28.4. The van der Waals surface area contributed by atoms with Gasteiger partial charge in [0.05, 0.1) is 65.1 Å². The number of unbranched alkanes of at least 4 members (excludes halogenated alkanes) is 15. The lowest BCUT2D eigenvalue weighted by Crippen LogP contribution is -2.42. The lowest BCUT2D eigenvalue weighted by molar-refractivity contribution is -0.150. The van der Waals surface area contributed by atoms with Crippen LogP contribution in [0, 0.1) is 18.8 Å². The quantitative estimate of drug-likeness (QED) is 0.0281. The molecular formula is C54H96O11Si. The van der Waals surface area contributed by atoms with Crippen molar-refractivity contribution in [1.29, 1.82) is 0 Å². The van der Waals surface area contributed by atoms with Gasteiger partial charge in [-0.3, -0.25) is 0 Å². The number of ether oxygens (including phenoxy) is 10. The number of hydrogen-bond acceptors (Lipinski definition) is 11. The predicted molar refractivity (Wildman–Crippen MR) is 269 cm³/mol. The molecule has 7 atom stereocenters. The predicted octanol–water partition coefficient (Wildman–Crippen LogP) is 13.6. The van der Waals surface area contributed by atoms with Crippen molar-refractivity contribution in [2.75, 3.05) is 56.2 Å². The molecule has 0 amide bonds. The van der Waals surface area contributed by atoms with Gasteiger partial charge in [0.1, 0.15) is 19.7 Å². The van der Waals surface area contributed by atoms with Crippen molar-refractivity contribution in [2.24, 2.45) is 0 Å². The van der Waals surface area contributed by atoms with Crippen LogP contribution in [0.25, 0.3) is 0 Å². The average Bonchev–Trinajstić information content (AvgIpc) is 3.99. The molecule has 1 aromatic carbocycles. The molecule has 0 bridgehead atoms.